The lowest BCUT2D eigenvalue weighted by Crippen LogP contribution is -2.29. The lowest BCUT2D eigenvalue weighted by Gasteiger charge is -2.27. The van der Waals surface area contributed by atoms with Gasteiger partial charge >= 0.3 is 0 Å². The van der Waals surface area contributed by atoms with Crippen LogP contribution in [0.1, 0.15) is 17.5 Å². The highest BCUT2D eigenvalue weighted by molar-refractivity contribution is 9.10. The number of aromatic nitrogens is 2. The molecule has 102 valence electrons. The zero-order valence-electron chi connectivity index (χ0n) is 11.4. The Morgan fingerprint density at radius 1 is 1.15 bits per heavy atom. The Kier molecular flexibility index (Phi) is 3.83. The topological polar surface area (TPSA) is 29.0 Å². The first kappa shape index (κ1) is 13.3. The maximum absolute atomic E-state index is 4.21. The van der Waals surface area contributed by atoms with E-state index < -0.39 is 0 Å². The van der Waals surface area contributed by atoms with Gasteiger partial charge in [0.25, 0.3) is 0 Å². The first-order valence-electron chi connectivity index (χ1n) is 6.72. The number of benzene rings is 1. The van der Waals surface area contributed by atoms with Crippen LogP contribution in [0.2, 0.25) is 0 Å². The predicted molar refractivity (Wildman–Crippen MR) is 85.7 cm³/mol. The van der Waals surface area contributed by atoms with Crippen LogP contribution < -0.4 is 4.90 Å². The zero-order valence-corrected chi connectivity index (χ0v) is 13.0. The summed E-state index contributed by atoms with van der Waals surface area (Å²) in [6.45, 7) is 4.01. The number of anilines is 1. The van der Waals surface area contributed by atoms with Gasteiger partial charge in [-0.15, -0.1) is 10.2 Å². The lowest BCUT2D eigenvalue weighted by molar-refractivity contribution is 0.798. The van der Waals surface area contributed by atoms with Crippen LogP contribution in [-0.4, -0.2) is 23.3 Å². The molecular formula is C16H16BrN3. The summed E-state index contributed by atoms with van der Waals surface area (Å²) in [6, 6.07) is 12.6. The standard InChI is InChI=1S/C16H16BrN3/c1-12-3-2-4-14(11-12)13-7-9-20(10-8-13)16-6-5-15(17)18-19-16/h2-7,11H,8-10H2,1H3. The molecule has 1 aliphatic heterocycles. The molecule has 1 aromatic carbocycles. The quantitative estimate of drug-likeness (QED) is 0.838. The lowest BCUT2D eigenvalue weighted by atomic mass is 9.98. The molecule has 2 heterocycles. The van der Waals surface area contributed by atoms with Gasteiger partial charge in [0.2, 0.25) is 0 Å². The number of aryl methyl sites for hydroxylation is 1. The van der Waals surface area contributed by atoms with Crippen LogP contribution in [0.4, 0.5) is 5.82 Å². The minimum absolute atomic E-state index is 0.772. The molecule has 0 amide bonds. The predicted octanol–water partition coefficient (Wildman–Crippen LogP) is 3.84. The molecule has 0 aliphatic carbocycles. The van der Waals surface area contributed by atoms with Gasteiger partial charge < -0.3 is 4.90 Å². The molecule has 0 N–H and O–H groups in total. The average molecular weight is 330 g/mol. The van der Waals surface area contributed by atoms with Crippen LogP contribution in [0.5, 0.6) is 0 Å². The van der Waals surface area contributed by atoms with Gasteiger partial charge in [-0.2, -0.15) is 0 Å². The number of halogens is 1. The van der Waals surface area contributed by atoms with Crippen molar-refractivity contribution in [1.29, 1.82) is 0 Å². The highest BCUT2D eigenvalue weighted by Gasteiger charge is 2.14. The van der Waals surface area contributed by atoms with E-state index in [1.165, 1.54) is 16.7 Å². The first-order valence-corrected chi connectivity index (χ1v) is 7.52. The molecule has 0 fully saturated rings. The normalized spacial score (nSPS) is 15.1. The Labute approximate surface area is 127 Å². The molecule has 0 saturated carbocycles. The van der Waals surface area contributed by atoms with Crippen molar-refractivity contribution in [1.82, 2.24) is 10.2 Å². The first-order chi connectivity index (χ1) is 9.72. The summed E-state index contributed by atoms with van der Waals surface area (Å²) < 4.78 is 0.772. The fourth-order valence-electron chi connectivity index (χ4n) is 2.46. The summed E-state index contributed by atoms with van der Waals surface area (Å²) in [5, 5.41) is 8.26. The fourth-order valence-corrected chi connectivity index (χ4v) is 2.67. The summed E-state index contributed by atoms with van der Waals surface area (Å²) >= 11 is 3.31. The van der Waals surface area contributed by atoms with Crippen molar-refractivity contribution in [2.45, 2.75) is 13.3 Å². The van der Waals surface area contributed by atoms with E-state index >= 15 is 0 Å². The highest BCUT2D eigenvalue weighted by Crippen LogP contribution is 2.25. The molecule has 0 unspecified atom stereocenters. The smallest absolute Gasteiger partial charge is 0.151 e. The molecule has 1 aliphatic rings. The third-order valence-corrected chi connectivity index (χ3v) is 3.96. The molecule has 4 heteroatoms. The van der Waals surface area contributed by atoms with E-state index in [0.29, 0.717) is 0 Å². The third-order valence-electron chi connectivity index (χ3n) is 3.54. The second-order valence-corrected chi connectivity index (χ2v) is 5.82. The van der Waals surface area contributed by atoms with Gasteiger partial charge in [0, 0.05) is 13.1 Å². The summed E-state index contributed by atoms with van der Waals surface area (Å²) in [6.07, 6.45) is 3.34. The van der Waals surface area contributed by atoms with Crippen molar-refractivity contribution in [3.05, 3.63) is 58.2 Å². The number of nitrogens with zero attached hydrogens (tertiary/aromatic N) is 3. The van der Waals surface area contributed by atoms with Crippen molar-refractivity contribution in [2.75, 3.05) is 18.0 Å². The van der Waals surface area contributed by atoms with Crippen molar-refractivity contribution in [3.8, 4) is 0 Å². The zero-order chi connectivity index (χ0) is 13.9. The highest BCUT2D eigenvalue weighted by atomic mass is 79.9. The molecule has 0 bridgehead atoms. The molecule has 0 radical (unpaired) electrons. The van der Waals surface area contributed by atoms with Crippen LogP contribution in [0, 0.1) is 6.92 Å². The van der Waals surface area contributed by atoms with Crippen LogP contribution >= 0.6 is 15.9 Å². The summed E-state index contributed by atoms with van der Waals surface area (Å²) in [5.74, 6) is 0.938. The Morgan fingerprint density at radius 3 is 2.70 bits per heavy atom. The average Bonchev–Trinajstić information content (AvgIpc) is 2.48. The molecule has 0 saturated heterocycles. The maximum atomic E-state index is 4.21. The molecular weight excluding hydrogens is 314 g/mol. The largest absolute Gasteiger partial charge is 0.351 e. The summed E-state index contributed by atoms with van der Waals surface area (Å²) in [4.78, 5) is 2.25. The van der Waals surface area contributed by atoms with E-state index in [1.807, 2.05) is 12.1 Å². The number of rotatable bonds is 2. The van der Waals surface area contributed by atoms with Crippen molar-refractivity contribution in [3.63, 3.8) is 0 Å². The molecule has 3 rings (SSSR count). The maximum Gasteiger partial charge on any atom is 0.151 e. The van der Waals surface area contributed by atoms with E-state index in [2.05, 4.69) is 68.3 Å². The van der Waals surface area contributed by atoms with Gasteiger partial charge in [0.15, 0.2) is 5.82 Å². The Morgan fingerprint density at radius 2 is 2.05 bits per heavy atom. The van der Waals surface area contributed by atoms with Crippen molar-refractivity contribution in [2.24, 2.45) is 0 Å². The van der Waals surface area contributed by atoms with Gasteiger partial charge in [-0.3, -0.25) is 0 Å². The molecule has 3 nitrogen and oxygen atoms in total. The molecule has 0 atom stereocenters. The van der Waals surface area contributed by atoms with Crippen LogP contribution in [0.3, 0.4) is 0 Å². The van der Waals surface area contributed by atoms with Crippen LogP contribution in [0.15, 0.2) is 47.1 Å². The molecule has 2 aromatic rings. The van der Waals surface area contributed by atoms with Gasteiger partial charge in [-0.05, 0) is 52.5 Å². The number of hydrogen-bond acceptors (Lipinski definition) is 3. The minimum Gasteiger partial charge on any atom is -0.351 e. The SMILES string of the molecule is Cc1cccc(C2=CCN(c3ccc(Br)nn3)CC2)c1. The van der Waals surface area contributed by atoms with Gasteiger partial charge in [-0.1, -0.05) is 35.9 Å². The molecule has 20 heavy (non-hydrogen) atoms. The Hall–Kier alpha value is -1.68. The van der Waals surface area contributed by atoms with Gasteiger partial charge in [0.1, 0.15) is 4.60 Å². The van der Waals surface area contributed by atoms with Gasteiger partial charge in [0.05, 0.1) is 0 Å². The molecule has 0 spiro atoms. The molecule has 1 aromatic heterocycles. The Bertz CT molecular complexity index is 634. The minimum atomic E-state index is 0.772. The summed E-state index contributed by atoms with van der Waals surface area (Å²) in [5.41, 5.74) is 4.08. The van der Waals surface area contributed by atoms with Crippen LogP contribution in [0.25, 0.3) is 5.57 Å². The van der Waals surface area contributed by atoms with Gasteiger partial charge in [-0.25, -0.2) is 0 Å². The van der Waals surface area contributed by atoms with E-state index in [0.717, 1.165) is 29.9 Å². The van der Waals surface area contributed by atoms with Crippen molar-refractivity contribution >= 4 is 27.3 Å². The summed E-state index contributed by atoms with van der Waals surface area (Å²) in [7, 11) is 0. The monoisotopic (exact) mass is 329 g/mol. The fraction of sp³-hybridized carbons (Fsp3) is 0.250. The van der Waals surface area contributed by atoms with Crippen molar-refractivity contribution < 1.29 is 0 Å². The van der Waals surface area contributed by atoms with E-state index in [9.17, 15) is 0 Å². The number of hydrogen-bond donors (Lipinski definition) is 0. The van der Waals surface area contributed by atoms with E-state index in [4.69, 9.17) is 0 Å². The Balaban J connectivity index is 1.76. The van der Waals surface area contributed by atoms with Crippen LogP contribution in [-0.2, 0) is 0 Å². The third kappa shape index (κ3) is 2.90. The van der Waals surface area contributed by atoms with E-state index in [-0.39, 0.29) is 0 Å². The second-order valence-electron chi connectivity index (χ2n) is 5.01. The second kappa shape index (κ2) is 5.75. The van der Waals surface area contributed by atoms with E-state index in [1.54, 1.807) is 0 Å².